The van der Waals surface area contributed by atoms with Gasteiger partial charge >= 0.3 is 0 Å². The quantitative estimate of drug-likeness (QED) is 0.843. The van der Waals surface area contributed by atoms with Gasteiger partial charge in [0.25, 0.3) is 0 Å². The predicted molar refractivity (Wildman–Crippen MR) is 94.3 cm³/mol. The molecule has 0 radical (unpaired) electrons. The zero-order valence-electron chi connectivity index (χ0n) is 14.9. The summed E-state index contributed by atoms with van der Waals surface area (Å²) in [5.74, 6) is -0.252. The van der Waals surface area contributed by atoms with Gasteiger partial charge in [0, 0.05) is 43.0 Å². The molecule has 1 aliphatic rings. The van der Waals surface area contributed by atoms with Gasteiger partial charge in [-0.3, -0.25) is 0 Å². The van der Waals surface area contributed by atoms with Crippen molar-refractivity contribution in [3.8, 4) is 5.69 Å². The number of aryl methyl sites for hydroxylation is 1. The molecule has 1 aromatic carbocycles. The Balaban J connectivity index is 1.70. The molecule has 3 rings (SSSR count). The molecule has 5 nitrogen and oxygen atoms in total. The van der Waals surface area contributed by atoms with Gasteiger partial charge in [-0.05, 0) is 51.0 Å². The maximum atomic E-state index is 13.1. The SMILES string of the molecule is Cc1nn(-c2ccc(F)cc2)c(C)c1CNCC1(CO)CCOCC1. The molecule has 1 saturated heterocycles. The van der Waals surface area contributed by atoms with E-state index in [1.54, 1.807) is 12.1 Å². The van der Waals surface area contributed by atoms with Crippen LogP contribution in [0, 0.1) is 25.1 Å². The Hall–Kier alpha value is -1.76. The van der Waals surface area contributed by atoms with Gasteiger partial charge in [-0.1, -0.05) is 0 Å². The zero-order chi connectivity index (χ0) is 17.9. The van der Waals surface area contributed by atoms with Crippen LogP contribution in [0.1, 0.15) is 29.8 Å². The Morgan fingerprint density at radius 2 is 1.92 bits per heavy atom. The normalized spacial score (nSPS) is 17.0. The highest BCUT2D eigenvalue weighted by atomic mass is 19.1. The number of aliphatic hydroxyl groups excluding tert-OH is 1. The van der Waals surface area contributed by atoms with Gasteiger partial charge in [0.1, 0.15) is 5.82 Å². The summed E-state index contributed by atoms with van der Waals surface area (Å²) in [6, 6.07) is 6.35. The minimum absolute atomic E-state index is 0.0903. The third-order valence-electron chi connectivity index (χ3n) is 5.20. The van der Waals surface area contributed by atoms with E-state index in [9.17, 15) is 9.50 Å². The number of hydrogen-bond acceptors (Lipinski definition) is 4. The highest BCUT2D eigenvalue weighted by molar-refractivity contribution is 5.37. The van der Waals surface area contributed by atoms with Crippen LogP contribution < -0.4 is 5.32 Å². The molecule has 1 aliphatic heterocycles. The lowest BCUT2D eigenvalue weighted by Gasteiger charge is -2.35. The number of hydrogen-bond donors (Lipinski definition) is 2. The summed E-state index contributed by atoms with van der Waals surface area (Å²) < 4.78 is 20.4. The second-order valence-electron chi connectivity index (χ2n) is 6.91. The molecule has 25 heavy (non-hydrogen) atoms. The summed E-state index contributed by atoms with van der Waals surface area (Å²) in [5.41, 5.74) is 3.91. The fourth-order valence-electron chi connectivity index (χ4n) is 3.41. The van der Waals surface area contributed by atoms with E-state index in [0.717, 1.165) is 42.0 Å². The molecule has 6 heteroatoms. The lowest BCUT2D eigenvalue weighted by Crippen LogP contribution is -2.41. The summed E-state index contributed by atoms with van der Waals surface area (Å²) in [6.07, 6.45) is 1.76. The summed E-state index contributed by atoms with van der Waals surface area (Å²) in [7, 11) is 0. The van der Waals surface area contributed by atoms with Gasteiger partial charge in [-0.25, -0.2) is 9.07 Å². The molecule has 0 bridgehead atoms. The Morgan fingerprint density at radius 1 is 1.24 bits per heavy atom. The van der Waals surface area contributed by atoms with Gasteiger partial charge in [0.05, 0.1) is 18.0 Å². The van der Waals surface area contributed by atoms with Crippen LogP contribution in [-0.4, -0.2) is 41.3 Å². The second kappa shape index (κ2) is 7.64. The average Bonchev–Trinajstić information content (AvgIpc) is 2.91. The maximum Gasteiger partial charge on any atom is 0.123 e. The molecule has 136 valence electrons. The van der Waals surface area contributed by atoms with Crippen molar-refractivity contribution in [2.45, 2.75) is 33.2 Å². The smallest absolute Gasteiger partial charge is 0.123 e. The molecule has 0 atom stereocenters. The number of rotatable bonds is 6. The van der Waals surface area contributed by atoms with Gasteiger partial charge in [0.2, 0.25) is 0 Å². The van der Waals surface area contributed by atoms with Crippen LogP contribution in [0.5, 0.6) is 0 Å². The standard InChI is InChI=1S/C19H26FN3O2/c1-14-18(11-21-12-19(13-24)7-9-25-10-8-19)15(2)23(22-14)17-5-3-16(20)4-6-17/h3-6,21,24H,7-13H2,1-2H3. The molecule has 2 aromatic rings. The van der Waals surface area contributed by atoms with Crippen LogP contribution in [0.3, 0.4) is 0 Å². The van der Waals surface area contributed by atoms with Crippen LogP contribution in [-0.2, 0) is 11.3 Å². The largest absolute Gasteiger partial charge is 0.396 e. The van der Waals surface area contributed by atoms with E-state index in [-0.39, 0.29) is 17.8 Å². The number of nitrogens with zero attached hydrogens (tertiary/aromatic N) is 2. The zero-order valence-corrected chi connectivity index (χ0v) is 14.9. The lowest BCUT2D eigenvalue weighted by atomic mass is 9.81. The monoisotopic (exact) mass is 347 g/mol. The Bertz CT molecular complexity index is 706. The molecule has 2 heterocycles. The number of aromatic nitrogens is 2. The van der Waals surface area contributed by atoms with Gasteiger partial charge in [0.15, 0.2) is 0 Å². The van der Waals surface area contributed by atoms with E-state index >= 15 is 0 Å². The fourth-order valence-corrected chi connectivity index (χ4v) is 3.41. The minimum Gasteiger partial charge on any atom is -0.396 e. The molecular weight excluding hydrogens is 321 g/mol. The van der Waals surface area contributed by atoms with Gasteiger partial charge < -0.3 is 15.2 Å². The van der Waals surface area contributed by atoms with E-state index in [2.05, 4.69) is 10.4 Å². The van der Waals surface area contributed by atoms with Crippen molar-refractivity contribution in [3.63, 3.8) is 0 Å². The van der Waals surface area contributed by atoms with Gasteiger partial charge in [-0.2, -0.15) is 5.10 Å². The molecule has 0 amide bonds. The van der Waals surface area contributed by atoms with Crippen LogP contribution in [0.15, 0.2) is 24.3 Å². The molecule has 0 spiro atoms. The van der Waals surface area contributed by atoms with E-state index in [1.165, 1.54) is 12.1 Å². The highest BCUT2D eigenvalue weighted by Crippen LogP contribution is 2.29. The molecular formula is C19H26FN3O2. The van der Waals surface area contributed by atoms with E-state index in [1.807, 2.05) is 18.5 Å². The summed E-state index contributed by atoms with van der Waals surface area (Å²) in [4.78, 5) is 0. The fraction of sp³-hybridized carbons (Fsp3) is 0.526. The summed E-state index contributed by atoms with van der Waals surface area (Å²) in [5, 5.41) is 17.9. The topological polar surface area (TPSA) is 59.3 Å². The third-order valence-corrected chi connectivity index (χ3v) is 5.20. The van der Waals surface area contributed by atoms with E-state index in [0.29, 0.717) is 19.8 Å². The van der Waals surface area contributed by atoms with Crippen molar-refractivity contribution in [1.82, 2.24) is 15.1 Å². The molecule has 0 aliphatic carbocycles. The van der Waals surface area contributed by atoms with Crippen molar-refractivity contribution in [2.75, 3.05) is 26.4 Å². The molecule has 1 aromatic heterocycles. The number of ether oxygens (including phenoxy) is 1. The molecule has 0 saturated carbocycles. The first kappa shape index (κ1) is 18.0. The summed E-state index contributed by atoms with van der Waals surface area (Å²) >= 11 is 0. The molecule has 1 fully saturated rings. The first-order valence-corrected chi connectivity index (χ1v) is 8.75. The van der Waals surface area contributed by atoms with Crippen molar-refractivity contribution >= 4 is 0 Å². The Kier molecular flexibility index (Phi) is 5.51. The summed E-state index contributed by atoms with van der Waals surface area (Å²) in [6.45, 7) is 7.06. The van der Waals surface area contributed by atoms with Crippen molar-refractivity contribution in [2.24, 2.45) is 5.41 Å². The van der Waals surface area contributed by atoms with Crippen LogP contribution >= 0.6 is 0 Å². The van der Waals surface area contributed by atoms with E-state index in [4.69, 9.17) is 4.74 Å². The molecule has 0 unspecified atom stereocenters. The van der Waals surface area contributed by atoms with Crippen molar-refractivity contribution in [1.29, 1.82) is 0 Å². The second-order valence-corrected chi connectivity index (χ2v) is 6.91. The Morgan fingerprint density at radius 3 is 2.56 bits per heavy atom. The van der Waals surface area contributed by atoms with Crippen molar-refractivity contribution < 1.29 is 14.2 Å². The predicted octanol–water partition coefficient (Wildman–Crippen LogP) is 2.51. The number of halogens is 1. The van der Waals surface area contributed by atoms with Gasteiger partial charge in [-0.15, -0.1) is 0 Å². The number of aliphatic hydroxyl groups is 1. The highest BCUT2D eigenvalue weighted by Gasteiger charge is 2.31. The molecule has 2 N–H and O–H groups in total. The maximum absolute atomic E-state index is 13.1. The first-order chi connectivity index (χ1) is 12.0. The van der Waals surface area contributed by atoms with Crippen LogP contribution in [0.2, 0.25) is 0 Å². The van der Waals surface area contributed by atoms with Crippen molar-refractivity contribution in [3.05, 3.63) is 47.0 Å². The minimum atomic E-state index is -0.252. The van der Waals surface area contributed by atoms with E-state index < -0.39 is 0 Å². The van der Waals surface area contributed by atoms with Crippen LogP contribution in [0.4, 0.5) is 4.39 Å². The van der Waals surface area contributed by atoms with Crippen LogP contribution in [0.25, 0.3) is 5.69 Å². The first-order valence-electron chi connectivity index (χ1n) is 8.75. The lowest BCUT2D eigenvalue weighted by molar-refractivity contribution is -0.0154. The number of nitrogens with one attached hydrogen (secondary N) is 1. The Labute approximate surface area is 147 Å². The average molecular weight is 347 g/mol. The third kappa shape index (κ3) is 3.92. The number of benzene rings is 1.